The van der Waals surface area contributed by atoms with E-state index in [1.807, 2.05) is 0 Å². The van der Waals surface area contributed by atoms with Gasteiger partial charge in [0.25, 0.3) is 0 Å². The number of ether oxygens (including phenoxy) is 1. The first-order chi connectivity index (χ1) is 9.88. The van der Waals surface area contributed by atoms with Crippen LogP contribution in [-0.2, 0) is 5.41 Å². The summed E-state index contributed by atoms with van der Waals surface area (Å²) in [5, 5.41) is 0. The molecule has 1 aliphatic rings. The maximum absolute atomic E-state index is 6.00. The van der Waals surface area contributed by atoms with Gasteiger partial charge in [0.05, 0.1) is 0 Å². The molecule has 0 atom stereocenters. The lowest BCUT2D eigenvalue weighted by atomic mass is 9.81. The van der Waals surface area contributed by atoms with Crippen LogP contribution in [0.1, 0.15) is 56.7 Å². The van der Waals surface area contributed by atoms with E-state index in [1.54, 1.807) is 0 Å². The summed E-state index contributed by atoms with van der Waals surface area (Å²) in [6, 6.07) is 4.40. The summed E-state index contributed by atoms with van der Waals surface area (Å²) in [5.74, 6) is 1.02. The predicted octanol–water partition coefficient (Wildman–Crippen LogP) is 4.47. The van der Waals surface area contributed by atoms with Crippen molar-refractivity contribution in [1.82, 2.24) is 4.90 Å². The monoisotopic (exact) mass is 289 g/mol. The van der Waals surface area contributed by atoms with Crippen LogP contribution in [0.25, 0.3) is 0 Å². The summed E-state index contributed by atoms with van der Waals surface area (Å²) in [5.41, 5.74) is 4.33. The van der Waals surface area contributed by atoms with E-state index in [0.29, 0.717) is 0 Å². The molecular formula is C19H31NO. The number of aryl methyl sites for hydroxylation is 2. The fraction of sp³-hybridized carbons (Fsp3) is 0.684. The van der Waals surface area contributed by atoms with Crippen molar-refractivity contribution >= 4 is 0 Å². The molecular weight excluding hydrogens is 258 g/mol. The highest BCUT2D eigenvalue weighted by Gasteiger charge is 2.19. The van der Waals surface area contributed by atoms with Gasteiger partial charge in [-0.05, 0) is 74.0 Å². The summed E-state index contributed by atoms with van der Waals surface area (Å²) >= 11 is 0. The van der Waals surface area contributed by atoms with Crippen LogP contribution < -0.4 is 4.74 Å². The standard InChI is InChI=1S/C19H31NO/c1-15-13-17(14-16(2)18(15)19(3,4)5)21-12-11-20-9-7-6-8-10-20/h13-14H,6-12H2,1-5H3. The Balaban J connectivity index is 1.95. The molecule has 2 rings (SSSR count). The van der Waals surface area contributed by atoms with E-state index in [1.165, 1.54) is 49.0 Å². The molecule has 1 saturated heterocycles. The van der Waals surface area contributed by atoms with E-state index in [2.05, 4.69) is 51.7 Å². The van der Waals surface area contributed by atoms with E-state index < -0.39 is 0 Å². The molecule has 0 spiro atoms. The number of hydrogen-bond acceptors (Lipinski definition) is 2. The highest BCUT2D eigenvalue weighted by atomic mass is 16.5. The van der Waals surface area contributed by atoms with Gasteiger partial charge < -0.3 is 4.74 Å². The molecule has 0 unspecified atom stereocenters. The van der Waals surface area contributed by atoms with E-state index >= 15 is 0 Å². The van der Waals surface area contributed by atoms with E-state index in [0.717, 1.165) is 18.9 Å². The van der Waals surface area contributed by atoms with Crippen LogP contribution in [0.15, 0.2) is 12.1 Å². The van der Waals surface area contributed by atoms with Gasteiger partial charge in [-0.1, -0.05) is 27.2 Å². The molecule has 2 heteroatoms. The van der Waals surface area contributed by atoms with Crippen LogP contribution in [0.5, 0.6) is 5.75 Å². The fourth-order valence-electron chi connectivity index (χ4n) is 3.67. The summed E-state index contributed by atoms with van der Waals surface area (Å²) in [6.07, 6.45) is 4.08. The Bertz CT molecular complexity index is 444. The second-order valence-electron chi connectivity index (χ2n) is 7.43. The van der Waals surface area contributed by atoms with Crippen LogP contribution in [0.3, 0.4) is 0 Å². The third-order valence-electron chi connectivity index (χ3n) is 4.38. The molecule has 0 aromatic heterocycles. The Kier molecular flexibility index (Phi) is 5.32. The zero-order valence-corrected chi connectivity index (χ0v) is 14.5. The second-order valence-corrected chi connectivity index (χ2v) is 7.43. The van der Waals surface area contributed by atoms with Crippen molar-refractivity contribution in [2.24, 2.45) is 0 Å². The van der Waals surface area contributed by atoms with Gasteiger partial charge in [-0.3, -0.25) is 4.90 Å². The first-order valence-electron chi connectivity index (χ1n) is 8.35. The summed E-state index contributed by atoms with van der Waals surface area (Å²) in [6.45, 7) is 15.6. The summed E-state index contributed by atoms with van der Waals surface area (Å²) in [7, 11) is 0. The lowest BCUT2D eigenvalue weighted by molar-refractivity contribution is 0.183. The molecule has 0 saturated carbocycles. The van der Waals surface area contributed by atoms with Gasteiger partial charge in [0.1, 0.15) is 12.4 Å². The lowest BCUT2D eigenvalue weighted by Gasteiger charge is -2.27. The fourth-order valence-corrected chi connectivity index (χ4v) is 3.67. The van der Waals surface area contributed by atoms with E-state index in [9.17, 15) is 0 Å². The Morgan fingerprint density at radius 1 is 1.00 bits per heavy atom. The normalized spacial score (nSPS) is 17.0. The van der Waals surface area contributed by atoms with E-state index in [-0.39, 0.29) is 5.41 Å². The molecule has 0 amide bonds. The largest absolute Gasteiger partial charge is 0.492 e. The molecule has 21 heavy (non-hydrogen) atoms. The number of benzene rings is 1. The highest BCUT2D eigenvalue weighted by Crippen LogP contribution is 2.31. The molecule has 1 aromatic rings. The number of likely N-dealkylation sites (tertiary alicyclic amines) is 1. The number of piperidine rings is 1. The zero-order valence-electron chi connectivity index (χ0n) is 14.5. The third kappa shape index (κ3) is 4.47. The van der Waals surface area contributed by atoms with Gasteiger partial charge in [-0.25, -0.2) is 0 Å². The van der Waals surface area contributed by atoms with Crippen molar-refractivity contribution in [3.05, 3.63) is 28.8 Å². The highest BCUT2D eigenvalue weighted by molar-refractivity contribution is 5.44. The molecule has 2 nitrogen and oxygen atoms in total. The van der Waals surface area contributed by atoms with Crippen molar-refractivity contribution in [3.63, 3.8) is 0 Å². The van der Waals surface area contributed by atoms with Crippen molar-refractivity contribution in [2.45, 2.75) is 59.3 Å². The van der Waals surface area contributed by atoms with Gasteiger partial charge in [0, 0.05) is 6.54 Å². The van der Waals surface area contributed by atoms with Gasteiger partial charge >= 0.3 is 0 Å². The van der Waals surface area contributed by atoms with Crippen LogP contribution in [-0.4, -0.2) is 31.1 Å². The molecule has 118 valence electrons. The molecule has 0 N–H and O–H groups in total. The number of nitrogens with zero attached hydrogens (tertiary/aromatic N) is 1. The Hall–Kier alpha value is -1.02. The van der Waals surface area contributed by atoms with Gasteiger partial charge in [-0.2, -0.15) is 0 Å². The summed E-state index contributed by atoms with van der Waals surface area (Å²) < 4.78 is 6.00. The smallest absolute Gasteiger partial charge is 0.119 e. The number of hydrogen-bond donors (Lipinski definition) is 0. The van der Waals surface area contributed by atoms with Gasteiger partial charge in [0.2, 0.25) is 0 Å². The number of rotatable bonds is 4. The zero-order chi connectivity index (χ0) is 15.5. The maximum atomic E-state index is 6.00. The van der Waals surface area contributed by atoms with Gasteiger partial charge in [-0.15, -0.1) is 0 Å². The van der Waals surface area contributed by atoms with Crippen LogP contribution in [0.2, 0.25) is 0 Å². The molecule has 1 heterocycles. The third-order valence-corrected chi connectivity index (χ3v) is 4.38. The molecule has 0 radical (unpaired) electrons. The molecule has 1 fully saturated rings. The summed E-state index contributed by atoms with van der Waals surface area (Å²) in [4.78, 5) is 2.52. The van der Waals surface area contributed by atoms with Crippen LogP contribution >= 0.6 is 0 Å². The van der Waals surface area contributed by atoms with Gasteiger partial charge in [0.15, 0.2) is 0 Å². The molecule has 1 aliphatic heterocycles. The minimum absolute atomic E-state index is 0.195. The second kappa shape index (κ2) is 6.83. The minimum atomic E-state index is 0.195. The molecule has 1 aromatic carbocycles. The lowest BCUT2D eigenvalue weighted by Crippen LogP contribution is -2.33. The molecule has 0 bridgehead atoms. The van der Waals surface area contributed by atoms with Crippen LogP contribution in [0, 0.1) is 13.8 Å². The van der Waals surface area contributed by atoms with E-state index in [4.69, 9.17) is 4.74 Å². The van der Waals surface area contributed by atoms with Crippen molar-refractivity contribution in [1.29, 1.82) is 0 Å². The minimum Gasteiger partial charge on any atom is -0.492 e. The predicted molar refractivity (Wildman–Crippen MR) is 90.4 cm³/mol. The topological polar surface area (TPSA) is 12.5 Å². The van der Waals surface area contributed by atoms with Crippen molar-refractivity contribution < 1.29 is 4.74 Å². The average molecular weight is 289 g/mol. The Morgan fingerprint density at radius 3 is 2.10 bits per heavy atom. The SMILES string of the molecule is Cc1cc(OCCN2CCCCC2)cc(C)c1C(C)(C)C. The average Bonchev–Trinajstić information content (AvgIpc) is 2.37. The quantitative estimate of drug-likeness (QED) is 0.811. The first-order valence-corrected chi connectivity index (χ1v) is 8.35. The Labute approximate surface area is 130 Å². The van der Waals surface area contributed by atoms with Crippen molar-refractivity contribution in [3.8, 4) is 5.75 Å². The molecule has 0 aliphatic carbocycles. The van der Waals surface area contributed by atoms with Crippen LogP contribution in [0.4, 0.5) is 0 Å². The van der Waals surface area contributed by atoms with Crippen molar-refractivity contribution in [2.75, 3.05) is 26.2 Å². The maximum Gasteiger partial charge on any atom is 0.119 e. The Morgan fingerprint density at radius 2 is 1.57 bits per heavy atom. The first kappa shape index (κ1) is 16.4.